The van der Waals surface area contributed by atoms with Crippen molar-refractivity contribution >= 4 is 0 Å². The van der Waals surface area contributed by atoms with Gasteiger partial charge in [-0.2, -0.15) is 0 Å². The zero-order valence-corrected chi connectivity index (χ0v) is 11.3. The SMILES string of the molecule is Cc1nnc(C2CCC(CN)CC2)n1C(C)CO. The Morgan fingerprint density at radius 3 is 2.56 bits per heavy atom. The zero-order valence-electron chi connectivity index (χ0n) is 11.3. The third-order valence-corrected chi connectivity index (χ3v) is 4.14. The highest BCUT2D eigenvalue weighted by atomic mass is 16.3. The lowest BCUT2D eigenvalue weighted by atomic mass is 9.81. The van der Waals surface area contributed by atoms with Gasteiger partial charge in [-0.3, -0.25) is 0 Å². The molecule has 0 spiro atoms. The van der Waals surface area contributed by atoms with Crippen LogP contribution in [0.5, 0.6) is 0 Å². The molecule has 1 aliphatic rings. The molecule has 3 N–H and O–H groups in total. The smallest absolute Gasteiger partial charge is 0.136 e. The van der Waals surface area contributed by atoms with Crippen molar-refractivity contribution in [2.24, 2.45) is 11.7 Å². The molecule has 5 nitrogen and oxygen atoms in total. The van der Waals surface area contributed by atoms with E-state index in [-0.39, 0.29) is 12.6 Å². The lowest BCUT2D eigenvalue weighted by molar-refractivity contribution is 0.229. The predicted octanol–water partition coefficient (Wildman–Crippen LogP) is 1.37. The molecule has 1 heterocycles. The maximum atomic E-state index is 9.34. The fraction of sp³-hybridized carbons (Fsp3) is 0.846. The van der Waals surface area contributed by atoms with Gasteiger partial charge in [-0.15, -0.1) is 10.2 Å². The molecule has 0 amide bonds. The summed E-state index contributed by atoms with van der Waals surface area (Å²) in [6.45, 7) is 4.88. The lowest BCUT2D eigenvalue weighted by Crippen LogP contribution is -2.23. The van der Waals surface area contributed by atoms with E-state index in [1.807, 2.05) is 13.8 Å². The molecule has 0 aliphatic heterocycles. The summed E-state index contributed by atoms with van der Waals surface area (Å²) in [5.74, 6) is 3.09. The molecular formula is C13H24N4O. The van der Waals surface area contributed by atoms with E-state index < -0.39 is 0 Å². The van der Waals surface area contributed by atoms with Gasteiger partial charge in [0.15, 0.2) is 0 Å². The summed E-state index contributed by atoms with van der Waals surface area (Å²) in [4.78, 5) is 0. The van der Waals surface area contributed by atoms with Crippen molar-refractivity contribution in [3.05, 3.63) is 11.6 Å². The highest BCUT2D eigenvalue weighted by Crippen LogP contribution is 2.35. The van der Waals surface area contributed by atoms with Crippen molar-refractivity contribution in [3.63, 3.8) is 0 Å². The van der Waals surface area contributed by atoms with Gasteiger partial charge in [0.25, 0.3) is 0 Å². The number of aryl methyl sites for hydroxylation is 1. The summed E-state index contributed by atoms with van der Waals surface area (Å²) < 4.78 is 2.09. The first-order chi connectivity index (χ1) is 8.67. The van der Waals surface area contributed by atoms with E-state index in [1.165, 1.54) is 12.8 Å². The van der Waals surface area contributed by atoms with Crippen LogP contribution >= 0.6 is 0 Å². The Balaban J connectivity index is 2.14. The molecule has 1 saturated carbocycles. The molecule has 1 fully saturated rings. The Labute approximate surface area is 108 Å². The van der Waals surface area contributed by atoms with Crippen molar-refractivity contribution in [1.29, 1.82) is 0 Å². The second kappa shape index (κ2) is 5.80. The quantitative estimate of drug-likeness (QED) is 0.848. The maximum Gasteiger partial charge on any atom is 0.136 e. The van der Waals surface area contributed by atoms with Crippen LogP contribution in [0.15, 0.2) is 0 Å². The number of aliphatic hydroxyl groups excluding tert-OH is 1. The normalized spacial score (nSPS) is 26.2. The molecule has 0 bridgehead atoms. The lowest BCUT2D eigenvalue weighted by Gasteiger charge is -2.28. The molecule has 0 saturated heterocycles. The summed E-state index contributed by atoms with van der Waals surface area (Å²) in [5.41, 5.74) is 5.72. The number of hydrogen-bond acceptors (Lipinski definition) is 4. The number of rotatable bonds is 4. The van der Waals surface area contributed by atoms with Gasteiger partial charge in [-0.05, 0) is 52.0 Å². The van der Waals surface area contributed by atoms with Crippen molar-refractivity contribution in [2.45, 2.75) is 51.5 Å². The van der Waals surface area contributed by atoms with Crippen LogP contribution in [0.3, 0.4) is 0 Å². The molecule has 1 atom stereocenters. The van der Waals surface area contributed by atoms with E-state index in [9.17, 15) is 5.11 Å². The van der Waals surface area contributed by atoms with E-state index in [0.29, 0.717) is 11.8 Å². The summed E-state index contributed by atoms with van der Waals surface area (Å²) in [6.07, 6.45) is 4.64. The van der Waals surface area contributed by atoms with Gasteiger partial charge in [0.05, 0.1) is 12.6 Å². The van der Waals surface area contributed by atoms with Gasteiger partial charge in [0.1, 0.15) is 11.6 Å². The molecule has 18 heavy (non-hydrogen) atoms. The first kappa shape index (κ1) is 13.5. The van der Waals surface area contributed by atoms with Crippen LogP contribution in [0.1, 0.15) is 56.2 Å². The molecule has 1 aromatic heterocycles. The average Bonchev–Trinajstić information content (AvgIpc) is 2.80. The molecule has 0 radical (unpaired) electrons. The number of nitrogens with two attached hydrogens (primary N) is 1. The van der Waals surface area contributed by atoms with Gasteiger partial charge in [0.2, 0.25) is 0 Å². The monoisotopic (exact) mass is 252 g/mol. The number of aromatic nitrogens is 3. The molecular weight excluding hydrogens is 228 g/mol. The Bertz CT molecular complexity index is 382. The van der Waals surface area contributed by atoms with Crippen molar-refractivity contribution < 1.29 is 5.11 Å². The van der Waals surface area contributed by atoms with Crippen LogP contribution in [0, 0.1) is 12.8 Å². The van der Waals surface area contributed by atoms with E-state index in [4.69, 9.17) is 5.73 Å². The predicted molar refractivity (Wildman–Crippen MR) is 70.3 cm³/mol. The van der Waals surface area contributed by atoms with Gasteiger partial charge < -0.3 is 15.4 Å². The number of aliphatic hydroxyl groups is 1. The first-order valence-electron chi connectivity index (χ1n) is 6.89. The second-order valence-corrected chi connectivity index (χ2v) is 5.46. The Morgan fingerprint density at radius 2 is 2.00 bits per heavy atom. The number of nitrogens with zero attached hydrogens (tertiary/aromatic N) is 3. The fourth-order valence-electron chi connectivity index (χ4n) is 2.95. The summed E-state index contributed by atoms with van der Waals surface area (Å²) in [5, 5.41) is 17.8. The van der Waals surface area contributed by atoms with E-state index >= 15 is 0 Å². The fourth-order valence-corrected chi connectivity index (χ4v) is 2.95. The van der Waals surface area contributed by atoms with Gasteiger partial charge >= 0.3 is 0 Å². The summed E-state index contributed by atoms with van der Waals surface area (Å²) >= 11 is 0. The van der Waals surface area contributed by atoms with Crippen molar-refractivity contribution in [3.8, 4) is 0 Å². The first-order valence-corrected chi connectivity index (χ1v) is 6.89. The molecule has 1 aromatic rings. The maximum absolute atomic E-state index is 9.34. The number of hydrogen-bond donors (Lipinski definition) is 2. The largest absolute Gasteiger partial charge is 0.394 e. The van der Waals surface area contributed by atoms with Crippen LogP contribution in [0.2, 0.25) is 0 Å². The third kappa shape index (κ3) is 2.57. The second-order valence-electron chi connectivity index (χ2n) is 5.46. The molecule has 102 valence electrons. The highest BCUT2D eigenvalue weighted by Gasteiger charge is 2.27. The molecule has 5 heteroatoms. The van der Waals surface area contributed by atoms with Gasteiger partial charge in [0, 0.05) is 5.92 Å². The topological polar surface area (TPSA) is 77.0 Å². The van der Waals surface area contributed by atoms with Crippen LogP contribution in [0.4, 0.5) is 0 Å². The van der Waals surface area contributed by atoms with Crippen LogP contribution in [0.25, 0.3) is 0 Å². The summed E-state index contributed by atoms with van der Waals surface area (Å²) in [7, 11) is 0. The molecule has 2 rings (SSSR count). The van der Waals surface area contributed by atoms with Crippen molar-refractivity contribution in [2.75, 3.05) is 13.2 Å². The average molecular weight is 252 g/mol. The van der Waals surface area contributed by atoms with Crippen molar-refractivity contribution in [1.82, 2.24) is 14.8 Å². The minimum atomic E-state index is 0.0576. The molecule has 0 aromatic carbocycles. The minimum Gasteiger partial charge on any atom is -0.394 e. The van der Waals surface area contributed by atoms with E-state index in [1.54, 1.807) is 0 Å². The van der Waals surface area contributed by atoms with Crippen LogP contribution < -0.4 is 5.73 Å². The Morgan fingerprint density at radius 1 is 1.33 bits per heavy atom. The van der Waals surface area contributed by atoms with Gasteiger partial charge in [-0.1, -0.05) is 0 Å². The third-order valence-electron chi connectivity index (χ3n) is 4.14. The Hall–Kier alpha value is -0.940. The molecule has 1 unspecified atom stereocenters. The van der Waals surface area contributed by atoms with Crippen LogP contribution in [-0.2, 0) is 0 Å². The van der Waals surface area contributed by atoms with E-state index in [2.05, 4.69) is 14.8 Å². The molecule has 1 aliphatic carbocycles. The standard InChI is InChI=1S/C13H24N4O/c1-9(8-18)17-10(2)15-16-13(17)12-5-3-11(7-14)4-6-12/h9,11-12,18H,3-8,14H2,1-2H3. The van der Waals surface area contributed by atoms with Gasteiger partial charge in [-0.25, -0.2) is 0 Å². The Kier molecular flexibility index (Phi) is 4.35. The van der Waals surface area contributed by atoms with Crippen LogP contribution in [-0.4, -0.2) is 33.0 Å². The van der Waals surface area contributed by atoms with E-state index in [0.717, 1.165) is 31.0 Å². The minimum absolute atomic E-state index is 0.0576. The summed E-state index contributed by atoms with van der Waals surface area (Å²) in [6, 6.07) is 0.0576. The zero-order chi connectivity index (χ0) is 13.1. The highest BCUT2D eigenvalue weighted by molar-refractivity contribution is 5.04.